The van der Waals surface area contributed by atoms with Gasteiger partial charge in [0.15, 0.2) is 0 Å². The number of carbonyl (C=O) groups is 1. The molecule has 0 saturated heterocycles. The molecule has 0 radical (unpaired) electrons. The van der Waals surface area contributed by atoms with E-state index in [1.807, 2.05) is 25.1 Å². The van der Waals surface area contributed by atoms with Crippen molar-refractivity contribution in [3.63, 3.8) is 0 Å². The standard InChI is InChI=1S/C20H18F3NO2/c1-13-8-15(10-14-2-5-17(25)6-3-14)11-18(9-13)26-19-7-4-16(12-24-19)20(21,22)23/h4,7-12H,2-3,5-6H2,1H3. The molecule has 1 fully saturated rings. The lowest BCUT2D eigenvalue weighted by Gasteiger charge is -2.13. The van der Waals surface area contributed by atoms with Crippen molar-refractivity contribution < 1.29 is 22.7 Å². The highest BCUT2D eigenvalue weighted by Crippen LogP contribution is 2.31. The van der Waals surface area contributed by atoms with Gasteiger partial charge in [-0.1, -0.05) is 17.7 Å². The molecule has 0 bridgehead atoms. The summed E-state index contributed by atoms with van der Waals surface area (Å²) in [5.74, 6) is 0.908. The van der Waals surface area contributed by atoms with Crippen LogP contribution in [-0.2, 0) is 11.0 Å². The summed E-state index contributed by atoms with van der Waals surface area (Å²) in [6.45, 7) is 1.92. The minimum Gasteiger partial charge on any atom is -0.439 e. The van der Waals surface area contributed by atoms with E-state index in [1.165, 1.54) is 11.6 Å². The zero-order chi connectivity index (χ0) is 18.7. The molecule has 0 aliphatic heterocycles. The monoisotopic (exact) mass is 361 g/mol. The molecule has 1 aromatic heterocycles. The number of Topliss-reactive ketones (excluding diaryl/α,β-unsaturated/α-hetero) is 1. The number of hydrogen-bond acceptors (Lipinski definition) is 3. The van der Waals surface area contributed by atoms with Crippen molar-refractivity contribution in [1.29, 1.82) is 0 Å². The van der Waals surface area contributed by atoms with Crippen molar-refractivity contribution in [2.75, 3.05) is 0 Å². The second kappa shape index (κ2) is 7.32. The zero-order valence-corrected chi connectivity index (χ0v) is 14.3. The highest BCUT2D eigenvalue weighted by Gasteiger charge is 2.30. The van der Waals surface area contributed by atoms with Crippen LogP contribution in [0.5, 0.6) is 11.6 Å². The molecule has 0 unspecified atom stereocenters. The third-order valence-electron chi connectivity index (χ3n) is 4.18. The van der Waals surface area contributed by atoms with Crippen molar-refractivity contribution >= 4 is 11.9 Å². The van der Waals surface area contributed by atoms with Crippen LogP contribution in [-0.4, -0.2) is 10.8 Å². The molecule has 136 valence electrons. The Morgan fingerprint density at radius 1 is 1.08 bits per heavy atom. The summed E-state index contributed by atoms with van der Waals surface area (Å²) in [7, 11) is 0. The second-order valence-corrected chi connectivity index (χ2v) is 6.41. The largest absolute Gasteiger partial charge is 0.439 e. The van der Waals surface area contributed by atoms with Crippen LogP contribution >= 0.6 is 0 Å². The van der Waals surface area contributed by atoms with E-state index in [1.54, 1.807) is 6.07 Å². The number of carbonyl (C=O) groups excluding carboxylic acids is 1. The van der Waals surface area contributed by atoms with Crippen LogP contribution in [0.1, 0.15) is 42.4 Å². The number of hydrogen-bond donors (Lipinski definition) is 0. The molecule has 0 atom stereocenters. The number of rotatable bonds is 3. The molecule has 2 aromatic rings. The van der Waals surface area contributed by atoms with Gasteiger partial charge in [-0.05, 0) is 49.1 Å². The quantitative estimate of drug-likeness (QED) is 0.701. The Labute approximate surface area is 149 Å². The topological polar surface area (TPSA) is 39.2 Å². The van der Waals surface area contributed by atoms with Gasteiger partial charge < -0.3 is 4.74 Å². The molecule has 26 heavy (non-hydrogen) atoms. The van der Waals surface area contributed by atoms with Gasteiger partial charge in [0.2, 0.25) is 5.88 Å². The van der Waals surface area contributed by atoms with Gasteiger partial charge in [-0.3, -0.25) is 4.79 Å². The van der Waals surface area contributed by atoms with Crippen molar-refractivity contribution in [3.05, 3.63) is 58.8 Å². The van der Waals surface area contributed by atoms with E-state index in [9.17, 15) is 18.0 Å². The van der Waals surface area contributed by atoms with Crippen LogP contribution in [0.15, 0.2) is 42.1 Å². The molecule has 6 heteroatoms. The lowest BCUT2D eigenvalue weighted by atomic mass is 9.92. The second-order valence-electron chi connectivity index (χ2n) is 6.41. The number of ketones is 1. The predicted molar refractivity (Wildman–Crippen MR) is 91.9 cm³/mol. The average molecular weight is 361 g/mol. The number of nitrogens with zero attached hydrogens (tertiary/aromatic N) is 1. The van der Waals surface area contributed by atoms with Gasteiger partial charge in [-0.25, -0.2) is 4.98 Å². The Kier molecular flexibility index (Phi) is 5.11. The number of aryl methyl sites for hydroxylation is 1. The minimum absolute atomic E-state index is 0.102. The number of benzene rings is 1. The molecule has 0 amide bonds. The van der Waals surface area contributed by atoms with Gasteiger partial charge in [-0.15, -0.1) is 0 Å². The maximum atomic E-state index is 12.6. The van der Waals surface area contributed by atoms with Gasteiger partial charge in [0, 0.05) is 25.1 Å². The Bertz CT molecular complexity index is 827. The normalized spacial score (nSPS) is 15.1. The van der Waals surface area contributed by atoms with Crippen LogP contribution in [0, 0.1) is 6.92 Å². The zero-order valence-electron chi connectivity index (χ0n) is 14.3. The maximum Gasteiger partial charge on any atom is 0.417 e. The first kappa shape index (κ1) is 18.2. The van der Waals surface area contributed by atoms with Crippen molar-refractivity contribution in [2.45, 2.75) is 38.8 Å². The van der Waals surface area contributed by atoms with Crippen molar-refractivity contribution in [1.82, 2.24) is 4.98 Å². The van der Waals surface area contributed by atoms with Crippen LogP contribution in [0.25, 0.3) is 6.08 Å². The summed E-state index contributed by atoms with van der Waals surface area (Å²) >= 11 is 0. The summed E-state index contributed by atoms with van der Waals surface area (Å²) in [4.78, 5) is 15.1. The number of alkyl halides is 3. The van der Waals surface area contributed by atoms with Crippen molar-refractivity contribution in [3.8, 4) is 11.6 Å². The smallest absolute Gasteiger partial charge is 0.417 e. The van der Waals surface area contributed by atoms with Gasteiger partial charge in [0.25, 0.3) is 0 Å². The third kappa shape index (κ3) is 4.71. The Balaban J connectivity index is 1.77. The molecule has 1 aromatic carbocycles. The number of pyridine rings is 1. The van der Waals surface area contributed by atoms with Crippen LogP contribution < -0.4 is 4.74 Å². The first-order valence-electron chi connectivity index (χ1n) is 8.33. The van der Waals surface area contributed by atoms with E-state index >= 15 is 0 Å². The first-order valence-corrected chi connectivity index (χ1v) is 8.33. The molecule has 1 aliphatic carbocycles. The fourth-order valence-corrected chi connectivity index (χ4v) is 2.88. The van der Waals surface area contributed by atoms with Crippen molar-refractivity contribution in [2.24, 2.45) is 0 Å². The van der Waals surface area contributed by atoms with E-state index in [2.05, 4.69) is 4.98 Å². The number of aromatic nitrogens is 1. The van der Waals surface area contributed by atoms with Crippen LogP contribution in [0.2, 0.25) is 0 Å². The first-order chi connectivity index (χ1) is 12.3. The lowest BCUT2D eigenvalue weighted by molar-refractivity contribution is -0.137. The summed E-state index contributed by atoms with van der Waals surface area (Å²) < 4.78 is 43.4. The van der Waals surface area contributed by atoms with Gasteiger partial charge >= 0.3 is 6.18 Å². The van der Waals surface area contributed by atoms with E-state index < -0.39 is 11.7 Å². The third-order valence-corrected chi connectivity index (χ3v) is 4.18. The predicted octanol–water partition coefficient (Wildman–Crippen LogP) is 5.73. The molecule has 1 aliphatic rings. The molecule has 0 spiro atoms. The Hall–Kier alpha value is -2.63. The van der Waals surface area contributed by atoms with Gasteiger partial charge in [-0.2, -0.15) is 13.2 Å². The molecule has 3 nitrogen and oxygen atoms in total. The van der Waals surface area contributed by atoms with E-state index in [0.29, 0.717) is 24.4 Å². The summed E-state index contributed by atoms with van der Waals surface area (Å²) in [5.41, 5.74) is 2.31. The molecule has 1 saturated carbocycles. The Morgan fingerprint density at radius 3 is 2.42 bits per heavy atom. The number of ether oxygens (including phenoxy) is 1. The molecule has 0 N–H and O–H groups in total. The molecule has 1 heterocycles. The van der Waals surface area contributed by atoms with Crippen LogP contribution in [0.3, 0.4) is 0 Å². The molecule has 3 rings (SSSR count). The maximum absolute atomic E-state index is 12.6. The van der Waals surface area contributed by atoms with E-state index in [0.717, 1.165) is 36.2 Å². The van der Waals surface area contributed by atoms with Gasteiger partial charge in [0.05, 0.1) is 5.56 Å². The van der Waals surface area contributed by atoms with Crippen LogP contribution in [0.4, 0.5) is 13.2 Å². The average Bonchev–Trinajstić information content (AvgIpc) is 2.56. The van der Waals surface area contributed by atoms with Gasteiger partial charge in [0.1, 0.15) is 11.5 Å². The number of halogens is 3. The summed E-state index contributed by atoms with van der Waals surface area (Å²) in [6, 6.07) is 7.76. The number of allylic oxidation sites excluding steroid dienone is 1. The lowest BCUT2D eigenvalue weighted by Crippen LogP contribution is -2.05. The molecular formula is C20H18F3NO2. The minimum atomic E-state index is -4.42. The van der Waals surface area contributed by atoms with E-state index in [-0.39, 0.29) is 5.88 Å². The Morgan fingerprint density at radius 2 is 1.81 bits per heavy atom. The fourth-order valence-electron chi connectivity index (χ4n) is 2.88. The fraction of sp³-hybridized carbons (Fsp3) is 0.300. The highest BCUT2D eigenvalue weighted by molar-refractivity contribution is 5.80. The molecular weight excluding hydrogens is 343 g/mol. The summed E-state index contributed by atoms with van der Waals surface area (Å²) in [5, 5.41) is 0. The highest BCUT2D eigenvalue weighted by atomic mass is 19.4. The summed E-state index contributed by atoms with van der Waals surface area (Å²) in [6.07, 6.45) is 1.08. The SMILES string of the molecule is Cc1cc(C=C2CCC(=O)CC2)cc(Oc2ccc(C(F)(F)F)cn2)c1. The van der Waals surface area contributed by atoms with E-state index in [4.69, 9.17) is 4.74 Å².